The highest BCUT2D eigenvalue weighted by atomic mass is 16.4. The molecule has 0 bridgehead atoms. The molecule has 0 aliphatic carbocycles. The topological polar surface area (TPSA) is 74.2 Å². The molecule has 0 aromatic carbocycles. The number of aliphatic carboxylic acids is 1. The summed E-state index contributed by atoms with van der Waals surface area (Å²) >= 11 is 0. The largest absolute Gasteiger partial charge is 0.477 e. The van der Waals surface area contributed by atoms with E-state index in [9.17, 15) is 4.79 Å². The maximum absolute atomic E-state index is 10.4. The predicted octanol–water partition coefficient (Wildman–Crippen LogP) is 2.38. The second-order valence-electron chi connectivity index (χ2n) is 2.80. The summed E-state index contributed by atoms with van der Waals surface area (Å²) in [6, 6.07) is 3.37. The van der Waals surface area contributed by atoms with Gasteiger partial charge in [-0.2, -0.15) is 5.26 Å². The zero-order valence-corrected chi connectivity index (χ0v) is 8.33. The van der Waals surface area contributed by atoms with Crippen LogP contribution in [0.25, 0.3) is 6.08 Å². The number of carboxylic acids is 1. The predicted molar refractivity (Wildman–Crippen MR) is 58.2 cm³/mol. The summed E-state index contributed by atoms with van der Waals surface area (Å²) in [5.41, 5.74) is 0.611. The van der Waals surface area contributed by atoms with E-state index in [-0.39, 0.29) is 5.57 Å². The van der Waals surface area contributed by atoms with Gasteiger partial charge in [-0.1, -0.05) is 24.3 Å². The van der Waals surface area contributed by atoms with Crippen molar-refractivity contribution in [3.05, 3.63) is 54.0 Å². The van der Waals surface area contributed by atoms with Crippen LogP contribution in [-0.4, -0.2) is 11.1 Å². The van der Waals surface area contributed by atoms with Gasteiger partial charge in [0.25, 0.3) is 0 Å². The normalized spacial score (nSPS) is 12.1. The van der Waals surface area contributed by atoms with E-state index in [0.717, 1.165) is 5.56 Å². The van der Waals surface area contributed by atoms with Gasteiger partial charge < -0.3 is 9.52 Å². The Bertz CT molecular complexity index is 473. The molecule has 0 fully saturated rings. The first-order valence-electron chi connectivity index (χ1n) is 4.44. The zero-order chi connectivity index (χ0) is 11.8. The molecule has 1 aromatic heterocycles. The molecule has 0 aliphatic heterocycles. The lowest BCUT2D eigenvalue weighted by Crippen LogP contribution is -1.96. The molecule has 0 atom stereocenters. The van der Waals surface area contributed by atoms with E-state index < -0.39 is 5.97 Å². The summed E-state index contributed by atoms with van der Waals surface area (Å²) in [5.74, 6) is -1.23. The van der Waals surface area contributed by atoms with Crippen LogP contribution in [0.4, 0.5) is 0 Å². The number of furan rings is 1. The fourth-order valence-electron chi connectivity index (χ4n) is 0.909. The first kappa shape index (κ1) is 11.5. The summed E-state index contributed by atoms with van der Waals surface area (Å²) < 4.78 is 4.85. The Balaban J connectivity index is 2.56. The van der Waals surface area contributed by atoms with E-state index in [1.165, 1.54) is 12.2 Å². The molecule has 0 spiro atoms. The standard InChI is InChI=1S/C12H9NO3/c13-8-11(12(14)15)5-3-1-2-4-10-6-7-16-9-10/h1-7,9H,(H,14,15)/b3-1+,4-2+,11-5+. The van der Waals surface area contributed by atoms with Crippen LogP contribution in [0, 0.1) is 11.3 Å². The molecule has 4 nitrogen and oxygen atoms in total. The van der Waals surface area contributed by atoms with Crippen LogP contribution in [0.15, 0.2) is 52.9 Å². The van der Waals surface area contributed by atoms with Crippen molar-refractivity contribution >= 4 is 12.0 Å². The molecule has 4 heteroatoms. The maximum Gasteiger partial charge on any atom is 0.346 e. The van der Waals surface area contributed by atoms with Crippen molar-refractivity contribution in [2.45, 2.75) is 0 Å². The van der Waals surface area contributed by atoms with Crippen LogP contribution < -0.4 is 0 Å². The van der Waals surface area contributed by atoms with Crippen molar-refractivity contribution in [1.29, 1.82) is 5.26 Å². The molecule has 1 heterocycles. The van der Waals surface area contributed by atoms with Crippen LogP contribution >= 0.6 is 0 Å². The maximum atomic E-state index is 10.4. The Hall–Kier alpha value is -2.54. The fraction of sp³-hybridized carbons (Fsp3) is 0. The lowest BCUT2D eigenvalue weighted by Gasteiger charge is -1.83. The van der Waals surface area contributed by atoms with Crippen molar-refractivity contribution in [2.75, 3.05) is 0 Å². The van der Waals surface area contributed by atoms with Crippen LogP contribution in [-0.2, 0) is 4.79 Å². The number of hydrogen-bond donors (Lipinski definition) is 1. The number of nitrogens with zero attached hydrogens (tertiary/aromatic N) is 1. The Labute approximate surface area is 92.4 Å². The number of hydrogen-bond acceptors (Lipinski definition) is 3. The SMILES string of the molecule is N#C\C(=C/C=C/C=C/c1ccoc1)C(=O)O. The number of carbonyl (C=O) groups is 1. The second kappa shape index (κ2) is 6.04. The van der Waals surface area contributed by atoms with Gasteiger partial charge in [-0.25, -0.2) is 4.79 Å². The molecule has 80 valence electrons. The van der Waals surface area contributed by atoms with Gasteiger partial charge in [-0.15, -0.1) is 0 Å². The molecule has 0 radical (unpaired) electrons. The molecule has 0 saturated heterocycles. The summed E-state index contributed by atoms with van der Waals surface area (Å²) in [5, 5.41) is 17.0. The molecule has 16 heavy (non-hydrogen) atoms. The highest BCUT2D eigenvalue weighted by Crippen LogP contribution is 2.02. The minimum Gasteiger partial charge on any atom is -0.477 e. The quantitative estimate of drug-likeness (QED) is 0.475. The number of nitriles is 1. The summed E-state index contributed by atoms with van der Waals surface area (Å²) in [7, 11) is 0. The van der Waals surface area contributed by atoms with Crippen molar-refractivity contribution < 1.29 is 14.3 Å². The third-order valence-corrected chi connectivity index (χ3v) is 1.67. The van der Waals surface area contributed by atoms with Gasteiger partial charge in [0.1, 0.15) is 11.6 Å². The van der Waals surface area contributed by atoms with Crippen LogP contribution in [0.3, 0.4) is 0 Å². The number of rotatable bonds is 4. The number of allylic oxidation sites excluding steroid dienone is 4. The monoisotopic (exact) mass is 215 g/mol. The number of carboxylic acid groups (broad SMARTS) is 1. The highest BCUT2D eigenvalue weighted by molar-refractivity contribution is 5.91. The fourth-order valence-corrected chi connectivity index (χ4v) is 0.909. The molecule has 0 aliphatic rings. The van der Waals surface area contributed by atoms with Gasteiger partial charge in [-0.3, -0.25) is 0 Å². The molecule has 0 amide bonds. The van der Waals surface area contributed by atoms with Crippen molar-refractivity contribution in [3.8, 4) is 6.07 Å². The molecule has 1 N–H and O–H groups in total. The van der Waals surface area contributed by atoms with E-state index in [1.807, 2.05) is 0 Å². The van der Waals surface area contributed by atoms with E-state index >= 15 is 0 Å². The van der Waals surface area contributed by atoms with Crippen LogP contribution in [0.1, 0.15) is 5.56 Å². The Kier molecular flexibility index (Phi) is 4.35. The average molecular weight is 215 g/mol. The second-order valence-corrected chi connectivity index (χ2v) is 2.80. The molecular weight excluding hydrogens is 206 g/mol. The smallest absolute Gasteiger partial charge is 0.346 e. The summed E-state index contributed by atoms with van der Waals surface area (Å²) in [4.78, 5) is 10.4. The molecular formula is C12H9NO3. The average Bonchev–Trinajstić information content (AvgIpc) is 2.75. The lowest BCUT2D eigenvalue weighted by atomic mass is 10.2. The van der Waals surface area contributed by atoms with Gasteiger partial charge >= 0.3 is 5.97 Å². The minimum atomic E-state index is -1.23. The van der Waals surface area contributed by atoms with Crippen LogP contribution in [0.2, 0.25) is 0 Å². The van der Waals surface area contributed by atoms with Crippen molar-refractivity contribution in [1.82, 2.24) is 0 Å². The third-order valence-electron chi connectivity index (χ3n) is 1.67. The summed E-state index contributed by atoms with van der Waals surface area (Å²) in [6.07, 6.45) is 11.0. The molecule has 1 aromatic rings. The first-order chi connectivity index (χ1) is 7.74. The van der Waals surface area contributed by atoms with Gasteiger partial charge in [0.05, 0.1) is 12.5 Å². The van der Waals surface area contributed by atoms with Gasteiger partial charge in [0.2, 0.25) is 0 Å². The Morgan fingerprint density at radius 1 is 1.44 bits per heavy atom. The van der Waals surface area contributed by atoms with E-state index in [2.05, 4.69) is 0 Å². The van der Waals surface area contributed by atoms with Gasteiger partial charge in [0.15, 0.2) is 0 Å². The third kappa shape index (κ3) is 3.68. The van der Waals surface area contributed by atoms with Crippen LogP contribution in [0.5, 0.6) is 0 Å². The zero-order valence-electron chi connectivity index (χ0n) is 8.33. The van der Waals surface area contributed by atoms with E-state index in [1.54, 1.807) is 42.9 Å². The lowest BCUT2D eigenvalue weighted by molar-refractivity contribution is -0.132. The Morgan fingerprint density at radius 2 is 2.25 bits per heavy atom. The van der Waals surface area contributed by atoms with Gasteiger partial charge in [0, 0.05) is 5.56 Å². The molecule has 0 saturated carbocycles. The van der Waals surface area contributed by atoms with E-state index in [0.29, 0.717) is 0 Å². The minimum absolute atomic E-state index is 0.298. The molecule has 0 unspecified atom stereocenters. The van der Waals surface area contributed by atoms with E-state index in [4.69, 9.17) is 14.8 Å². The summed E-state index contributed by atoms with van der Waals surface area (Å²) in [6.45, 7) is 0. The van der Waals surface area contributed by atoms with Crippen molar-refractivity contribution in [3.63, 3.8) is 0 Å². The Morgan fingerprint density at radius 3 is 2.81 bits per heavy atom. The first-order valence-corrected chi connectivity index (χ1v) is 4.44. The highest BCUT2D eigenvalue weighted by Gasteiger charge is 2.01. The van der Waals surface area contributed by atoms with Gasteiger partial charge in [-0.05, 0) is 12.1 Å². The van der Waals surface area contributed by atoms with Crippen molar-refractivity contribution in [2.24, 2.45) is 0 Å². The molecule has 1 rings (SSSR count).